The number of aryl methyl sites for hydroxylation is 1. The number of nitrogens with one attached hydrogen (secondary N) is 1. The van der Waals surface area contributed by atoms with Crippen molar-refractivity contribution in [1.82, 2.24) is 14.9 Å². The van der Waals surface area contributed by atoms with E-state index in [1.807, 2.05) is 0 Å². The molecule has 0 bridgehead atoms. The van der Waals surface area contributed by atoms with E-state index in [2.05, 4.69) is 48.9 Å². The van der Waals surface area contributed by atoms with E-state index >= 15 is 0 Å². The van der Waals surface area contributed by atoms with Crippen molar-refractivity contribution in [3.63, 3.8) is 0 Å². The highest BCUT2D eigenvalue weighted by Gasteiger charge is 2.23. The molecule has 1 aliphatic rings. The van der Waals surface area contributed by atoms with Crippen molar-refractivity contribution in [2.45, 2.75) is 45.6 Å². The van der Waals surface area contributed by atoms with Crippen molar-refractivity contribution in [3.05, 3.63) is 29.6 Å². The van der Waals surface area contributed by atoms with Crippen LogP contribution in [-0.2, 0) is 0 Å². The van der Waals surface area contributed by atoms with Gasteiger partial charge in [-0.05, 0) is 57.9 Å². The third-order valence-electron chi connectivity index (χ3n) is 4.05. The molecule has 1 fully saturated rings. The molecule has 1 aromatic heterocycles. The molecule has 0 radical (unpaired) electrons. The lowest BCUT2D eigenvalue weighted by Gasteiger charge is -2.24. The van der Waals surface area contributed by atoms with Crippen LogP contribution < -0.4 is 5.32 Å². The minimum atomic E-state index is 0.463. The van der Waals surface area contributed by atoms with E-state index in [9.17, 15) is 0 Å². The maximum absolute atomic E-state index is 4.94. The molecule has 0 saturated carbocycles. The van der Waals surface area contributed by atoms with Crippen LogP contribution in [-0.4, -0.2) is 22.6 Å². The molecule has 1 atom stereocenters. The highest BCUT2D eigenvalue weighted by atomic mass is 15.1. The van der Waals surface area contributed by atoms with Crippen LogP contribution in [0.2, 0.25) is 0 Å². The number of fused-ring (bicyclic) bond motifs is 1. The van der Waals surface area contributed by atoms with Crippen molar-refractivity contribution < 1.29 is 0 Å². The minimum absolute atomic E-state index is 0.463. The van der Waals surface area contributed by atoms with Crippen LogP contribution >= 0.6 is 0 Å². The Morgan fingerprint density at radius 2 is 2.21 bits per heavy atom. The number of hydrogen-bond acceptors (Lipinski definition) is 2. The summed E-state index contributed by atoms with van der Waals surface area (Å²) >= 11 is 0. The van der Waals surface area contributed by atoms with E-state index in [1.165, 1.54) is 29.7 Å². The average Bonchev–Trinajstić information content (AvgIpc) is 2.78. The summed E-state index contributed by atoms with van der Waals surface area (Å²) in [7, 11) is 0. The number of hydrogen-bond donors (Lipinski definition) is 1. The molecule has 3 nitrogen and oxygen atoms in total. The predicted octanol–water partition coefficient (Wildman–Crippen LogP) is 3.39. The van der Waals surface area contributed by atoms with E-state index in [4.69, 9.17) is 4.98 Å². The number of imidazole rings is 1. The van der Waals surface area contributed by atoms with Crippen LogP contribution in [0.4, 0.5) is 0 Å². The van der Waals surface area contributed by atoms with Crippen LogP contribution in [0.25, 0.3) is 11.0 Å². The normalized spacial score (nSPS) is 20.3. The molecule has 0 aliphatic carbocycles. The third-order valence-corrected chi connectivity index (χ3v) is 4.05. The monoisotopic (exact) mass is 257 g/mol. The quantitative estimate of drug-likeness (QED) is 0.893. The zero-order valence-corrected chi connectivity index (χ0v) is 12.1. The van der Waals surface area contributed by atoms with Crippen LogP contribution in [0.5, 0.6) is 0 Å². The number of benzene rings is 1. The summed E-state index contributed by atoms with van der Waals surface area (Å²) in [6, 6.07) is 7.07. The van der Waals surface area contributed by atoms with E-state index in [1.54, 1.807) is 0 Å². The average molecular weight is 257 g/mol. The lowest BCUT2D eigenvalue weighted by molar-refractivity contribution is 0.425. The van der Waals surface area contributed by atoms with Gasteiger partial charge < -0.3 is 9.88 Å². The van der Waals surface area contributed by atoms with Gasteiger partial charge >= 0.3 is 0 Å². The van der Waals surface area contributed by atoms with Crippen LogP contribution in [0, 0.1) is 6.92 Å². The lowest BCUT2D eigenvalue weighted by Crippen LogP contribution is -2.30. The molecular weight excluding hydrogens is 234 g/mol. The molecule has 1 saturated heterocycles. The molecule has 3 heteroatoms. The molecule has 0 amide bonds. The van der Waals surface area contributed by atoms with Gasteiger partial charge in [-0.3, -0.25) is 0 Å². The predicted molar refractivity (Wildman–Crippen MR) is 79.7 cm³/mol. The molecule has 1 N–H and O–H groups in total. The van der Waals surface area contributed by atoms with E-state index in [-0.39, 0.29) is 0 Å². The Hall–Kier alpha value is -1.35. The van der Waals surface area contributed by atoms with Gasteiger partial charge in [0.1, 0.15) is 5.82 Å². The van der Waals surface area contributed by atoms with Gasteiger partial charge in [0.15, 0.2) is 0 Å². The van der Waals surface area contributed by atoms with Crippen molar-refractivity contribution in [3.8, 4) is 0 Å². The number of piperidine rings is 1. The number of aromatic nitrogens is 2. The molecule has 2 aromatic rings. The van der Waals surface area contributed by atoms with Gasteiger partial charge in [-0.1, -0.05) is 6.07 Å². The van der Waals surface area contributed by atoms with Crippen molar-refractivity contribution in [2.75, 3.05) is 13.1 Å². The first-order valence-electron chi connectivity index (χ1n) is 7.36. The molecule has 1 aromatic carbocycles. The SMILES string of the molecule is Cc1ccc2c(c1)nc(C1CCCNC1)n2C(C)C. The van der Waals surface area contributed by atoms with Crippen molar-refractivity contribution in [1.29, 1.82) is 0 Å². The molecule has 19 heavy (non-hydrogen) atoms. The highest BCUT2D eigenvalue weighted by molar-refractivity contribution is 5.77. The largest absolute Gasteiger partial charge is 0.325 e. The van der Waals surface area contributed by atoms with Gasteiger partial charge in [-0.2, -0.15) is 0 Å². The summed E-state index contributed by atoms with van der Waals surface area (Å²) in [6.45, 7) is 8.85. The van der Waals surface area contributed by atoms with Gasteiger partial charge in [0, 0.05) is 18.5 Å². The first-order valence-corrected chi connectivity index (χ1v) is 7.36. The standard InChI is InChI=1S/C16H23N3/c1-11(2)19-15-7-6-12(3)9-14(15)18-16(19)13-5-4-8-17-10-13/h6-7,9,11,13,17H,4-5,8,10H2,1-3H3. The van der Waals surface area contributed by atoms with Gasteiger partial charge in [-0.25, -0.2) is 4.98 Å². The van der Waals surface area contributed by atoms with Gasteiger partial charge in [-0.15, -0.1) is 0 Å². The Labute approximate surface area is 115 Å². The van der Waals surface area contributed by atoms with Crippen LogP contribution in [0.1, 0.15) is 50.0 Å². The fourth-order valence-corrected chi connectivity index (χ4v) is 3.13. The van der Waals surface area contributed by atoms with Crippen molar-refractivity contribution in [2.24, 2.45) is 0 Å². The summed E-state index contributed by atoms with van der Waals surface area (Å²) in [5.74, 6) is 1.83. The van der Waals surface area contributed by atoms with E-state index in [0.29, 0.717) is 12.0 Å². The van der Waals surface area contributed by atoms with E-state index in [0.717, 1.165) is 18.6 Å². The smallest absolute Gasteiger partial charge is 0.114 e. The molecule has 2 heterocycles. The maximum atomic E-state index is 4.94. The third kappa shape index (κ3) is 2.27. The first kappa shape index (κ1) is 12.7. The minimum Gasteiger partial charge on any atom is -0.325 e. The lowest BCUT2D eigenvalue weighted by atomic mass is 9.98. The Morgan fingerprint density at radius 1 is 1.37 bits per heavy atom. The molecular formula is C16H23N3. The van der Waals surface area contributed by atoms with Gasteiger partial charge in [0.05, 0.1) is 11.0 Å². The zero-order chi connectivity index (χ0) is 13.4. The fourth-order valence-electron chi connectivity index (χ4n) is 3.13. The zero-order valence-electron chi connectivity index (χ0n) is 12.1. The van der Waals surface area contributed by atoms with Gasteiger partial charge in [0.25, 0.3) is 0 Å². The first-order chi connectivity index (χ1) is 9.16. The maximum Gasteiger partial charge on any atom is 0.114 e. The molecule has 1 aliphatic heterocycles. The number of nitrogens with zero attached hydrogens (tertiary/aromatic N) is 2. The summed E-state index contributed by atoms with van der Waals surface area (Å²) in [4.78, 5) is 4.94. The molecule has 1 unspecified atom stereocenters. The number of rotatable bonds is 2. The summed E-state index contributed by atoms with van der Waals surface area (Å²) in [5.41, 5.74) is 3.71. The Balaban J connectivity index is 2.13. The molecule has 102 valence electrons. The second-order valence-corrected chi connectivity index (χ2v) is 5.97. The molecule has 3 rings (SSSR count). The second kappa shape index (κ2) is 4.97. The van der Waals surface area contributed by atoms with E-state index < -0.39 is 0 Å². The molecule has 0 spiro atoms. The van der Waals surface area contributed by atoms with Crippen molar-refractivity contribution >= 4 is 11.0 Å². The topological polar surface area (TPSA) is 29.9 Å². The Kier molecular flexibility index (Phi) is 3.31. The summed E-state index contributed by atoms with van der Waals surface area (Å²) in [6.07, 6.45) is 2.51. The highest BCUT2D eigenvalue weighted by Crippen LogP contribution is 2.29. The fraction of sp³-hybridized carbons (Fsp3) is 0.562. The summed E-state index contributed by atoms with van der Waals surface area (Å²) < 4.78 is 2.42. The second-order valence-electron chi connectivity index (χ2n) is 5.97. The van der Waals surface area contributed by atoms with Gasteiger partial charge in [0.2, 0.25) is 0 Å². The Bertz CT molecular complexity index is 577. The Morgan fingerprint density at radius 3 is 2.89 bits per heavy atom. The summed E-state index contributed by atoms with van der Waals surface area (Å²) in [5, 5.41) is 3.50. The van der Waals surface area contributed by atoms with Crippen LogP contribution in [0.15, 0.2) is 18.2 Å². The van der Waals surface area contributed by atoms with Crippen LogP contribution in [0.3, 0.4) is 0 Å².